The Kier molecular flexibility index (Phi) is 2.90. The Morgan fingerprint density at radius 2 is 2.06 bits per heavy atom. The van der Waals surface area contributed by atoms with Crippen molar-refractivity contribution < 1.29 is 0 Å². The fourth-order valence-corrected chi connectivity index (χ4v) is 4.04. The van der Waals surface area contributed by atoms with Crippen molar-refractivity contribution in [1.29, 1.82) is 0 Å². The average molecular weight is 291 g/mol. The predicted octanol–water partition coefficient (Wildman–Crippen LogP) is 4.92. The van der Waals surface area contributed by atoms with Crippen LogP contribution in [0.4, 0.5) is 0 Å². The van der Waals surface area contributed by atoms with E-state index in [0.29, 0.717) is 0 Å². The summed E-state index contributed by atoms with van der Waals surface area (Å²) in [6, 6.07) is 2.44. The summed E-state index contributed by atoms with van der Waals surface area (Å²) < 4.78 is 1.41. The van der Waals surface area contributed by atoms with Crippen LogP contribution >= 0.6 is 15.9 Å². The van der Waals surface area contributed by atoms with E-state index in [-0.39, 0.29) is 0 Å². The van der Waals surface area contributed by atoms with E-state index in [0.717, 1.165) is 5.92 Å². The van der Waals surface area contributed by atoms with Crippen LogP contribution in [0, 0.1) is 5.92 Å². The van der Waals surface area contributed by atoms with Crippen LogP contribution in [-0.4, -0.2) is 0 Å². The molecule has 0 saturated heterocycles. The lowest BCUT2D eigenvalue weighted by atomic mass is 9.99. The summed E-state index contributed by atoms with van der Waals surface area (Å²) in [6.07, 6.45) is 8.71. The highest BCUT2D eigenvalue weighted by Gasteiger charge is 2.23. The minimum absolute atomic E-state index is 0.765. The molecule has 0 aromatic heterocycles. The normalized spacial score (nSPS) is 17.3. The zero-order valence-electron chi connectivity index (χ0n) is 10.6. The molecule has 2 aliphatic rings. The van der Waals surface area contributed by atoms with E-state index in [1.165, 1.54) is 42.1 Å². The number of halogens is 1. The van der Waals surface area contributed by atoms with Crippen molar-refractivity contribution in [1.82, 2.24) is 0 Å². The molecule has 0 heterocycles. The second-order valence-corrected chi connectivity index (χ2v) is 6.62. The van der Waals surface area contributed by atoms with Crippen LogP contribution in [0.25, 0.3) is 6.08 Å². The quantitative estimate of drug-likeness (QED) is 0.725. The molecule has 0 saturated carbocycles. The van der Waals surface area contributed by atoms with E-state index < -0.39 is 0 Å². The first-order chi connectivity index (χ1) is 8.15. The van der Waals surface area contributed by atoms with E-state index >= 15 is 0 Å². The highest BCUT2D eigenvalue weighted by Crippen LogP contribution is 2.40. The van der Waals surface area contributed by atoms with Gasteiger partial charge in [-0.1, -0.05) is 47.5 Å². The van der Waals surface area contributed by atoms with Crippen molar-refractivity contribution in [2.24, 2.45) is 5.92 Å². The van der Waals surface area contributed by atoms with Crippen molar-refractivity contribution in [3.63, 3.8) is 0 Å². The van der Waals surface area contributed by atoms with Gasteiger partial charge in [-0.25, -0.2) is 0 Å². The Morgan fingerprint density at radius 3 is 2.82 bits per heavy atom. The minimum atomic E-state index is 0.765. The number of hydrogen-bond donors (Lipinski definition) is 0. The molecule has 3 rings (SSSR count). The average Bonchev–Trinajstić information content (AvgIpc) is 2.83. The summed E-state index contributed by atoms with van der Waals surface area (Å²) in [6.45, 7) is 4.61. The van der Waals surface area contributed by atoms with Crippen LogP contribution in [0.2, 0.25) is 0 Å². The molecule has 90 valence electrons. The predicted molar refractivity (Wildman–Crippen MR) is 77.3 cm³/mol. The summed E-state index contributed by atoms with van der Waals surface area (Å²) in [4.78, 5) is 0. The second kappa shape index (κ2) is 4.28. The molecule has 1 heteroatoms. The first kappa shape index (κ1) is 11.5. The van der Waals surface area contributed by atoms with Crippen LogP contribution in [-0.2, 0) is 19.3 Å². The van der Waals surface area contributed by atoms with E-state index in [1.807, 2.05) is 0 Å². The molecule has 0 bridgehead atoms. The number of benzene rings is 1. The lowest BCUT2D eigenvalue weighted by Gasteiger charge is -2.10. The molecule has 0 radical (unpaired) electrons. The number of allylic oxidation sites excluding steroid dienone is 1. The molecular formula is C16H19Br. The van der Waals surface area contributed by atoms with Gasteiger partial charge in [0.15, 0.2) is 0 Å². The highest BCUT2D eigenvalue weighted by atomic mass is 79.9. The van der Waals surface area contributed by atoms with Gasteiger partial charge in [0, 0.05) is 4.47 Å². The van der Waals surface area contributed by atoms with Crippen LogP contribution in [0.15, 0.2) is 16.1 Å². The van der Waals surface area contributed by atoms with E-state index in [1.54, 1.807) is 22.3 Å². The monoisotopic (exact) mass is 290 g/mol. The van der Waals surface area contributed by atoms with Gasteiger partial charge in [0.1, 0.15) is 0 Å². The van der Waals surface area contributed by atoms with Crippen LogP contribution in [0.3, 0.4) is 0 Å². The Labute approximate surface area is 112 Å². The van der Waals surface area contributed by atoms with Crippen molar-refractivity contribution in [2.45, 2.75) is 46.0 Å². The molecule has 0 N–H and O–H groups in total. The Morgan fingerprint density at radius 1 is 1.24 bits per heavy atom. The maximum Gasteiger partial charge on any atom is 0.0251 e. The number of hydrogen-bond acceptors (Lipinski definition) is 0. The van der Waals surface area contributed by atoms with Crippen LogP contribution < -0.4 is 0 Å². The lowest BCUT2D eigenvalue weighted by molar-refractivity contribution is 0.638. The van der Waals surface area contributed by atoms with E-state index in [4.69, 9.17) is 0 Å². The zero-order valence-corrected chi connectivity index (χ0v) is 12.2. The largest absolute Gasteiger partial charge is 0.0649 e. The molecule has 0 aliphatic heterocycles. The van der Waals surface area contributed by atoms with E-state index in [2.05, 4.69) is 41.9 Å². The van der Waals surface area contributed by atoms with Gasteiger partial charge in [-0.3, -0.25) is 0 Å². The molecule has 0 amide bonds. The lowest BCUT2D eigenvalue weighted by Crippen LogP contribution is -1.95. The van der Waals surface area contributed by atoms with Crippen molar-refractivity contribution in [3.05, 3.63) is 38.4 Å². The molecule has 0 unspecified atom stereocenters. The van der Waals surface area contributed by atoms with Gasteiger partial charge in [-0.15, -0.1) is 0 Å². The minimum Gasteiger partial charge on any atom is -0.0649 e. The molecule has 0 fully saturated rings. The van der Waals surface area contributed by atoms with Crippen molar-refractivity contribution in [2.75, 3.05) is 0 Å². The molecule has 0 atom stereocenters. The van der Waals surface area contributed by atoms with Crippen molar-refractivity contribution >= 4 is 22.0 Å². The van der Waals surface area contributed by atoms with Crippen molar-refractivity contribution in [3.8, 4) is 0 Å². The third-order valence-electron chi connectivity index (χ3n) is 3.90. The van der Waals surface area contributed by atoms with Crippen LogP contribution in [0.1, 0.15) is 48.9 Å². The second-order valence-electron chi connectivity index (χ2n) is 5.83. The fraction of sp³-hybridized carbons (Fsp3) is 0.500. The number of rotatable bonds is 2. The van der Waals surface area contributed by atoms with Gasteiger partial charge in [0.2, 0.25) is 0 Å². The maximum absolute atomic E-state index is 3.84. The third kappa shape index (κ3) is 1.99. The Hall–Kier alpha value is -0.560. The first-order valence-corrected chi connectivity index (χ1v) is 7.47. The Bertz CT molecular complexity index is 495. The maximum atomic E-state index is 3.84. The van der Waals surface area contributed by atoms with Gasteiger partial charge < -0.3 is 0 Å². The standard InChI is InChI=1S/C16H19Br/c1-10(2)6-11-7-13-9-12-4-3-5-14(12)16(17)15(13)8-11/h7,9-10H,3-6,8H2,1-2H3. The number of aryl methyl sites for hydroxylation is 1. The number of fused-ring (bicyclic) bond motifs is 2. The zero-order chi connectivity index (χ0) is 12.0. The third-order valence-corrected chi connectivity index (χ3v) is 4.86. The van der Waals surface area contributed by atoms with Gasteiger partial charge in [-0.2, -0.15) is 0 Å². The van der Waals surface area contributed by atoms with E-state index in [9.17, 15) is 0 Å². The summed E-state index contributed by atoms with van der Waals surface area (Å²) in [7, 11) is 0. The first-order valence-electron chi connectivity index (χ1n) is 6.67. The highest BCUT2D eigenvalue weighted by molar-refractivity contribution is 9.10. The molecule has 1 aromatic carbocycles. The molecule has 17 heavy (non-hydrogen) atoms. The topological polar surface area (TPSA) is 0 Å². The fourth-order valence-electron chi connectivity index (χ4n) is 3.22. The summed E-state index contributed by atoms with van der Waals surface area (Å²) in [5.41, 5.74) is 7.80. The molecule has 2 aliphatic carbocycles. The smallest absolute Gasteiger partial charge is 0.0251 e. The molecular weight excluding hydrogens is 272 g/mol. The molecule has 0 nitrogen and oxygen atoms in total. The molecule has 1 aromatic rings. The van der Waals surface area contributed by atoms with Gasteiger partial charge in [0.05, 0.1) is 0 Å². The molecule has 0 spiro atoms. The van der Waals surface area contributed by atoms with Gasteiger partial charge in [0.25, 0.3) is 0 Å². The van der Waals surface area contributed by atoms with Gasteiger partial charge in [-0.05, 0) is 60.3 Å². The summed E-state index contributed by atoms with van der Waals surface area (Å²) >= 11 is 3.84. The summed E-state index contributed by atoms with van der Waals surface area (Å²) in [5, 5.41) is 0. The SMILES string of the molecule is CC(C)CC1=Cc2cc3c(c(Br)c2C1)CCC3. The van der Waals surface area contributed by atoms with Crippen LogP contribution in [0.5, 0.6) is 0 Å². The van der Waals surface area contributed by atoms with Gasteiger partial charge >= 0.3 is 0 Å². The Balaban J connectivity index is 1.98. The summed E-state index contributed by atoms with van der Waals surface area (Å²) in [5.74, 6) is 0.765.